The zero-order chi connectivity index (χ0) is 19.5. The van der Waals surface area contributed by atoms with E-state index < -0.39 is 12.0 Å². The van der Waals surface area contributed by atoms with Gasteiger partial charge in [0.1, 0.15) is 5.82 Å². The summed E-state index contributed by atoms with van der Waals surface area (Å²) in [6.45, 7) is 3.97. The summed E-state index contributed by atoms with van der Waals surface area (Å²) in [5.41, 5.74) is 6.47. The van der Waals surface area contributed by atoms with E-state index in [-0.39, 0.29) is 24.8 Å². The minimum atomic E-state index is -0.977. The van der Waals surface area contributed by atoms with Gasteiger partial charge in [-0.05, 0) is 38.3 Å². The number of aliphatic carboxylic acids is 1. The van der Waals surface area contributed by atoms with E-state index in [1.807, 2.05) is 19.1 Å². The van der Waals surface area contributed by atoms with E-state index in [2.05, 4.69) is 10.3 Å². The first-order valence-electron chi connectivity index (χ1n) is 8.82. The van der Waals surface area contributed by atoms with Gasteiger partial charge in [-0.1, -0.05) is 13.0 Å². The number of carbonyl (C=O) groups is 3. The van der Waals surface area contributed by atoms with Crippen LogP contribution in [-0.2, 0) is 20.8 Å². The van der Waals surface area contributed by atoms with Crippen LogP contribution >= 0.6 is 0 Å². The number of hydrogen-bond acceptors (Lipinski definition) is 5. The number of nitrogens with one attached hydrogen (secondary N) is 1. The molecule has 4 N–H and O–H groups in total. The highest BCUT2D eigenvalue weighted by molar-refractivity contribution is 5.85. The lowest BCUT2D eigenvalue weighted by Crippen LogP contribution is -2.44. The lowest BCUT2D eigenvalue weighted by atomic mass is 10.1. The predicted octanol–water partition coefficient (Wildman–Crippen LogP) is 1.20. The van der Waals surface area contributed by atoms with Crippen molar-refractivity contribution in [1.29, 1.82) is 0 Å². The number of hydrogen-bond donors (Lipinski definition) is 3. The minimum Gasteiger partial charge on any atom is -0.481 e. The van der Waals surface area contributed by atoms with E-state index in [4.69, 9.17) is 10.8 Å². The van der Waals surface area contributed by atoms with Crippen LogP contribution in [0.5, 0.6) is 0 Å². The highest BCUT2D eigenvalue weighted by Gasteiger charge is 2.18. The van der Waals surface area contributed by atoms with Crippen molar-refractivity contribution in [2.24, 2.45) is 0 Å². The minimum absolute atomic E-state index is 0.0623. The van der Waals surface area contributed by atoms with Crippen LogP contribution in [0.4, 0.5) is 5.82 Å². The van der Waals surface area contributed by atoms with E-state index >= 15 is 0 Å². The highest BCUT2D eigenvalue weighted by Crippen LogP contribution is 2.07. The Hall–Kier alpha value is -2.64. The third-order valence-corrected chi connectivity index (χ3v) is 3.72. The smallest absolute Gasteiger partial charge is 0.305 e. The van der Waals surface area contributed by atoms with E-state index in [0.717, 1.165) is 12.1 Å². The van der Waals surface area contributed by atoms with E-state index in [1.165, 1.54) is 4.90 Å². The lowest BCUT2D eigenvalue weighted by Gasteiger charge is -2.22. The maximum Gasteiger partial charge on any atom is 0.305 e. The Kier molecular flexibility index (Phi) is 9.11. The molecular formula is C18H28N4O4. The zero-order valence-electron chi connectivity index (χ0n) is 15.4. The number of nitrogen functional groups attached to an aromatic ring is 1. The van der Waals surface area contributed by atoms with Crippen LogP contribution in [0.2, 0.25) is 0 Å². The average molecular weight is 364 g/mol. The number of carboxylic acids is 1. The van der Waals surface area contributed by atoms with Crippen molar-refractivity contribution in [2.75, 3.05) is 18.8 Å². The quantitative estimate of drug-likeness (QED) is 0.542. The summed E-state index contributed by atoms with van der Waals surface area (Å²) in [6, 6.07) is 4.92. The molecule has 1 rings (SSSR count). The second kappa shape index (κ2) is 11.1. The van der Waals surface area contributed by atoms with E-state index in [9.17, 15) is 14.4 Å². The van der Waals surface area contributed by atoms with Gasteiger partial charge in [-0.3, -0.25) is 14.4 Å². The summed E-state index contributed by atoms with van der Waals surface area (Å²) in [4.78, 5) is 40.8. The molecule has 0 fully saturated rings. The molecule has 0 aliphatic rings. The number of amides is 2. The molecule has 1 aromatic heterocycles. The number of aromatic nitrogens is 1. The SMILES string of the molecule is CCCN(CC(=O)N[C@@H](C)CC(=O)O)C(=O)CCCc1cccc(N)n1. The van der Waals surface area contributed by atoms with Crippen molar-refractivity contribution in [3.63, 3.8) is 0 Å². The molecule has 26 heavy (non-hydrogen) atoms. The molecule has 0 unspecified atom stereocenters. The Morgan fingerprint density at radius 2 is 2.08 bits per heavy atom. The molecule has 0 saturated carbocycles. The van der Waals surface area contributed by atoms with Gasteiger partial charge >= 0.3 is 5.97 Å². The van der Waals surface area contributed by atoms with Gasteiger partial charge < -0.3 is 21.1 Å². The molecule has 0 aliphatic carbocycles. The van der Waals surface area contributed by atoms with Crippen LogP contribution in [0.3, 0.4) is 0 Å². The number of nitrogens with zero attached hydrogens (tertiary/aromatic N) is 2. The molecule has 8 heteroatoms. The van der Waals surface area contributed by atoms with Crippen molar-refractivity contribution in [2.45, 2.75) is 52.0 Å². The maximum absolute atomic E-state index is 12.4. The summed E-state index contributed by atoms with van der Waals surface area (Å²) < 4.78 is 0. The zero-order valence-corrected chi connectivity index (χ0v) is 15.4. The molecule has 0 aliphatic heterocycles. The average Bonchev–Trinajstić information content (AvgIpc) is 2.53. The first kappa shape index (κ1) is 21.4. The van der Waals surface area contributed by atoms with Gasteiger partial charge in [-0.15, -0.1) is 0 Å². The second-order valence-corrected chi connectivity index (χ2v) is 6.29. The van der Waals surface area contributed by atoms with Gasteiger partial charge in [0.25, 0.3) is 0 Å². The molecule has 0 spiro atoms. The molecule has 0 radical (unpaired) electrons. The first-order chi connectivity index (χ1) is 12.3. The molecule has 0 saturated heterocycles. The van der Waals surface area contributed by atoms with Gasteiger partial charge in [-0.25, -0.2) is 4.98 Å². The van der Waals surface area contributed by atoms with Gasteiger partial charge in [0.2, 0.25) is 11.8 Å². The summed E-state index contributed by atoms with van der Waals surface area (Å²) in [5, 5.41) is 11.3. The molecule has 1 aromatic rings. The molecule has 0 bridgehead atoms. The molecular weight excluding hydrogens is 336 g/mol. The van der Waals surface area contributed by atoms with Gasteiger partial charge in [0, 0.05) is 24.7 Å². The van der Waals surface area contributed by atoms with Gasteiger partial charge in [0.15, 0.2) is 0 Å². The fraction of sp³-hybridized carbons (Fsp3) is 0.556. The van der Waals surface area contributed by atoms with E-state index in [1.54, 1.807) is 13.0 Å². The fourth-order valence-electron chi connectivity index (χ4n) is 2.58. The van der Waals surface area contributed by atoms with Crippen LogP contribution < -0.4 is 11.1 Å². The molecule has 144 valence electrons. The number of carboxylic acid groups (broad SMARTS) is 1. The molecule has 0 aromatic carbocycles. The second-order valence-electron chi connectivity index (χ2n) is 6.29. The Bertz CT molecular complexity index is 621. The molecule has 8 nitrogen and oxygen atoms in total. The molecule has 2 amide bonds. The summed E-state index contributed by atoms with van der Waals surface area (Å²) in [7, 11) is 0. The topological polar surface area (TPSA) is 126 Å². The molecule has 1 heterocycles. The van der Waals surface area contributed by atoms with Crippen molar-refractivity contribution in [3.05, 3.63) is 23.9 Å². The van der Waals surface area contributed by atoms with Crippen LogP contribution in [0, 0.1) is 0 Å². The van der Waals surface area contributed by atoms with Crippen molar-refractivity contribution < 1.29 is 19.5 Å². The predicted molar refractivity (Wildman–Crippen MR) is 98.3 cm³/mol. The van der Waals surface area contributed by atoms with Crippen molar-refractivity contribution in [3.8, 4) is 0 Å². The Balaban J connectivity index is 2.47. The number of carbonyl (C=O) groups excluding carboxylic acids is 2. The molecule has 1 atom stereocenters. The number of nitrogens with two attached hydrogens (primary N) is 1. The van der Waals surface area contributed by atoms with Crippen LogP contribution in [0.1, 0.15) is 45.2 Å². The van der Waals surface area contributed by atoms with Crippen LogP contribution in [0.25, 0.3) is 0 Å². The largest absolute Gasteiger partial charge is 0.481 e. The standard InChI is InChI=1S/C18H28N4O4/c1-3-10-22(12-16(23)20-13(2)11-18(25)26)17(24)9-5-7-14-6-4-8-15(19)21-14/h4,6,8,13H,3,5,7,9-12H2,1-2H3,(H2,19,21)(H,20,23)(H,25,26)/t13-/m0/s1. The third-order valence-electron chi connectivity index (χ3n) is 3.72. The van der Waals surface area contributed by atoms with Crippen LogP contribution in [-0.4, -0.2) is 51.9 Å². The summed E-state index contributed by atoms with van der Waals surface area (Å²) >= 11 is 0. The summed E-state index contributed by atoms with van der Waals surface area (Å²) in [5.74, 6) is -0.974. The third kappa shape index (κ3) is 8.46. The Morgan fingerprint density at radius 3 is 2.69 bits per heavy atom. The first-order valence-corrected chi connectivity index (χ1v) is 8.82. The normalized spacial score (nSPS) is 11.6. The lowest BCUT2D eigenvalue weighted by molar-refractivity contribution is -0.139. The van der Waals surface area contributed by atoms with Gasteiger partial charge in [0.05, 0.1) is 13.0 Å². The maximum atomic E-state index is 12.4. The highest BCUT2D eigenvalue weighted by atomic mass is 16.4. The van der Waals surface area contributed by atoms with Crippen LogP contribution in [0.15, 0.2) is 18.2 Å². The number of pyridine rings is 1. The monoisotopic (exact) mass is 364 g/mol. The summed E-state index contributed by atoms with van der Waals surface area (Å²) in [6.07, 6.45) is 2.15. The number of anilines is 1. The number of rotatable bonds is 11. The van der Waals surface area contributed by atoms with Crippen molar-refractivity contribution in [1.82, 2.24) is 15.2 Å². The fourth-order valence-corrected chi connectivity index (χ4v) is 2.58. The van der Waals surface area contributed by atoms with E-state index in [0.29, 0.717) is 31.6 Å². The van der Waals surface area contributed by atoms with Gasteiger partial charge in [-0.2, -0.15) is 0 Å². The van der Waals surface area contributed by atoms with Crippen molar-refractivity contribution >= 4 is 23.6 Å². The number of aryl methyl sites for hydroxylation is 1. The Labute approximate surface area is 153 Å². The Morgan fingerprint density at radius 1 is 1.35 bits per heavy atom.